The van der Waals surface area contributed by atoms with Crippen molar-refractivity contribution in [2.75, 3.05) is 7.11 Å². The van der Waals surface area contributed by atoms with Crippen molar-refractivity contribution in [3.05, 3.63) is 15.8 Å². The molecule has 0 aliphatic rings. The van der Waals surface area contributed by atoms with Crippen molar-refractivity contribution < 1.29 is 14.6 Å². The summed E-state index contributed by atoms with van der Waals surface area (Å²) in [5.41, 5.74) is 0.275. The van der Waals surface area contributed by atoms with Gasteiger partial charge in [0.15, 0.2) is 0 Å². The average molecular weight is 172 g/mol. The van der Waals surface area contributed by atoms with Crippen LogP contribution in [-0.4, -0.2) is 18.2 Å². The Hall–Kier alpha value is -1.03. The number of rotatable bonds is 1. The molecular formula is C7H8O3S. The molecule has 1 rings (SSSR count). The van der Waals surface area contributed by atoms with Crippen LogP contribution in [0.2, 0.25) is 0 Å². The first-order valence-corrected chi connectivity index (χ1v) is 3.90. The summed E-state index contributed by atoms with van der Waals surface area (Å²) in [5, 5.41) is 10.7. The van der Waals surface area contributed by atoms with E-state index in [1.165, 1.54) is 23.8 Å². The molecule has 1 aromatic rings. The third-order valence-corrected chi connectivity index (χ3v) is 2.24. The van der Waals surface area contributed by atoms with Gasteiger partial charge in [0.2, 0.25) is 0 Å². The summed E-state index contributed by atoms with van der Waals surface area (Å²) in [5.74, 6) is -0.486. The SMILES string of the molecule is COC(=O)c1c(O)csc1C. The minimum atomic E-state index is -0.485. The highest BCUT2D eigenvalue weighted by molar-refractivity contribution is 7.10. The van der Waals surface area contributed by atoms with Gasteiger partial charge in [-0.3, -0.25) is 0 Å². The van der Waals surface area contributed by atoms with Crippen molar-refractivity contribution in [2.45, 2.75) is 6.92 Å². The molecule has 0 atom stereocenters. The molecule has 0 unspecified atom stereocenters. The van der Waals surface area contributed by atoms with Crippen LogP contribution in [0.4, 0.5) is 0 Å². The first kappa shape index (κ1) is 8.07. The second-order valence-corrected chi connectivity index (χ2v) is 3.13. The van der Waals surface area contributed by atoms with E-state index >= 15 is 0 Å². The molecule has 1 heterocycles. The van der Waals surface area contributed by atoms with Crippen LogP contribution < -0.4 is 0 Å². The first-order valence-electron chi connectivity index (χ1n) is 3.02. The molecule has 60 valence electrons. The van der Waals surface area contributed by atoms with E-state index in [2.05, 4.69) is 4.74 Å². The monoisotopic (exact) mass is 172 g/mol. The predicted molar refractivity (Wildman–Crippen MR) is 42.1 cm³/mol. The van der Waals surface area contributed by atoms with Gasteiger partial charge in [-0.25, -0.2) is 4.79 Å². The number of carbonyl (C=O) groups excluding carboxylic acids is 1. The Bertz CT molecular complexity index is 258. The van der Waals surface area contributed by atoms with E-state index in [-0.39, 0.29) is 11.3 Å². The van der Waals surface area contributed by atoms with Gasteiger partial charge in [-0.1, -0.05) is 0 Å². The third-order valence-electron chi connectivity index (χ3n) is 1.35. The number of carbonyl (C=O) groups is 1. The molecule has 0 saturated carbocycles. The number of methoxy groups -OCH3 is 1. The zero-order chi connectivity index (χ0) is 8.43. The lowest BCUT2D eigenvalue weighted by molar-refractivity contribution is 0.0597. The van der Waals surface area contributed by atoms with E-state index in [0.29, 0.717) is 0 Å². The fourth-order valence-electron chi connectivity index (χ4n) is 0.793. The van der Waals surface area contributed by atoms with Crippen LogP contribution in [0, 0.1) is 6.92 Å². The summed E-state index contributed by atoms with van der Waals surface area (Å²) in [6, 6.07) is 0. The van der Waals surface area contributed by atoms with Crippen LogP contribution in [0.5, 0.6) is 5.75 Å². The third kappa shape index (κ3) is 1.35. The van der Waals surface area contributed by atoms with Gasteiger partial charge in [0.1, 0.15) is 11.3 Å². The second kappa shape index (κ2) is 2.92. The van der Waals surface area contributed by atoms with Gasteiger partial charge in [-0.2, -0.15) is 0 Å². The van der Waals surface area contributed by atoms with E-state index in [4.69, 9.17) is 5.11 Å². The van der Waals surface area contributed by atoms with E-state index < -0.39 is 5.97 Å². The molecule has 0 aliphatic carbocycles. The van der Waals surface area contributed by atoms with Crippen LogP contribution in [0.1, 0.15) is 15.2 Å². The van der Waals surface area contributed by atoms with Gasteiger partial charge in [0, 0.05) is 10.3 Å². The van der Waals surface area contributed by atoms with Gasteiger partial charge in [-0.05, 0) is 6.92 Å². The van der Waals surface area contributed by atoms with Gasteiger partial charge >= 0.3 is 5.97 Å². The molecule has 0 aromatic carbocycles. The van der Waals surface area contributed by atoms with E-state index in [1.54, 1.807) is 6.92 Å². The molecule has 0 radical (unpaired) electrons. The molecule has 1 aromatic heterocycles. The first-order chi connectivity index (χ1) is 5.16. The summed E-state index contributed by atoms with van der Waals surface area (Å²) in [6.07, 6.45) is 0. The lowest BCUT2D eigenvalue weighted by atomic mass is 10.2. The van der Waals surface area contributed by atoms with Crippen LogP contribution in [0.3, 0.4) is 0 Å². The van der Waals surface area contributed by atoms with Crippen LogP contribution in [0.25, 0.3) is 0 Å². The topological polar surface area (TPSA) is 46.5 Å². The number of ether oxygens (including phenoxy) is 1. The molecule has 0 fully saturated rings. The molecule has 0 amide bonds. The molecule has 11 heavy (non-hydrogen) atoms. The predicted octanol–water partition coefficient (Wildman–Crippen LogP) is 1.55. The zero-order valence-electron chi connectivity index (χ0n) is 6.25. The van der Waals surface area contributed by atoms with E-state index in [0.717, 1.165) is 4.88 Å². The highest BCUT2D eigenvalue weighted by Gasteiger charge is 2.15. The molecular weight excluding hydrogens is 164 g/mol. The van der Waals surface area contributed by atoms with Gasteiger partial charge in [0.05, 0.1) is 7.11 Å². The summed E-state index contributed by atoms with van der Waals surface area (Å²) in [7, 11) is 1.29. The van der Waals surface area contributed by atoms with Crippen molar-refractivity contribution in [1.29, 1.82) is 0 Å². The summed E-state index contributed by atoms with van der Waals surface area (Å²) in [4.78, 5) is 11.7. The second-order valence-electron chi connectivity index (χ2n) is 2.04. The lowest BCUT2D eigenvalue weighted by Gasteiger charge is -1.96. The highest BCUT2D eigenvalue weighted by Crippen LogP contribution is 2.27. The van der Waals surface area contributed by atoms with Gasteiger partial charge < -0.3 is 9.84 Å². The fourth-order valence-corrected chi connectivity index (χ4v) is 1.50. The molecule has 0 aliphatic heterocycles. The molecule has 4 heteroatoms. The molecule has 3 nitrogen and oxygen atoms in total. The normalized spacial score (nSPS) is 9.64. The average Bonchev–Trinajstić information content (AvgIpc) is 2.30. The summed E-state index contributed by atoms with van der Waals surface area (Å²) in [6.45, 7) is 1.76. The minimum absolute atomic E-state index is 0.000602. The maximum Gasteiger partial charge on any atom is 0.342 e. The number of aromatic hydroxyl groups is 1. The minimum Gasteiger partial charge on any atom is -0.506 e. The fraction of sp³-hybridized carbons (Fsp3) is 0.286. The molecule has 0 saturated heterocycles. The molecule has 0 bridgehead atoms. The maximum absolute atomic E-state index is 10.9. The summed E-state index contributed by atoms with van der Waals surface area (Å²) >= 11 is 1.32. The van der Waals surface area contributed by atoms with Crippen LogP contribution in [0.15, 0.2) is 5.38 Å². The molecule has 1 N–H and O–H groups in total. The van der Waals surface area contributed by atoms with Gasteiger partial charge in [-0.15, -0.1) is 11.3 Å². The van der Waals surface area contributed by atoms with Crippen LogP contribution >= 0.6 is 11.3 Å². The zero-order valence-corrected chi connectivity index (χ0v) is 7.07. The Balaban J connectivity index is 3.10. The standard InChI is InChI=1S/C7H8O3S/c1-4-6(7(9)10-2)5(8)3-11-4/h3,8H,1-2H3. The maximum atomic E-state index is 10.9. The molecule has 0 spiro atoms. The number of thiophene rings is 1. The quantitative estimate of drug-likeness (QED) is 0.654. The lowest BCUT2D eigenvalue weighted by Crippen LogP contribution is -2.00. The van der Waals surface area contributed by atoms with Crippen molar-refractivity contribution >= 4 is 17.3 Å². The van der Waals surface area contributed by atoms with E-state index in [1.807, 2.05) is 0 Å². The number of esters is 1. The van der Waals surface area contributed by atoms with Crippen molar-refractivity contribution in [1.82, 2.24) is 0 Å². The van der Waals surface area contributed by atoms with Crippen LogP contribution in [-0.2, 0) is 4.74 Å². The van der Waals surface area contributed by atoms with Gasteiger partial charge in [0.25, 0.3) is 0 Å². The van der Waals surface area contributed by atoms with Crippen molar-refractivity contribution in [3.8, 4) is 5.75 Å². The Morgan fingerprint density at radius 1 is 1.73 bits per heavy atom. The Morgan fingerprint density at radius 3 is 2.73 bits per heavy atom. The summed E-state index contributed by atoms with van der Waals surface area (Å²) < 4.78 is 4.46. The Kier molecular flexibility index (Phi) is 2.14. The highest BCUT2D eigenvalue weighted by atomic mass is 32.1. The van der Waals surface area contributed by atoms with Crippen molar-refractivity contribution in [3.63, 3.8) is 0 Å². The number of hydrogen-bond donors (Lipinski definition) is 1. The smallest absolute Gasteiger partial charge is 0.342 e. The van der Waals surface area contributed by atoms with Crippen molar-refractivity contribution in [2.24, 2.45) is 0 Å². The Morgan fingerprint density at radius 2 is 2.36 bits per heavy atom. The Labute approximate surface area is 68.2 Å². The van der Waals surface area contributed by atoms with E-state index in [9.17, 15) is 4.79 Å². The largest absolute Gasteiger partial charge is 0.506 e. The number of hydrogen-bond acceptors (Lipinski definition) is 4. The number of aryl methyl sites for hydroxylation is 1.